The van der Waals surface area contributed by atoms with Gasteiger partial charge < -0.3 is 23.9 Å². The second-order valence-corrected chi connectivity index (χ2v) is 9.07. The first-order valence-electron chi connectivity index (χ1n) is 11.7. The largest absolute Gasteiger partial charge is 0.467 e. The van der Waals surface area contributed by atoms with Gasteiger partial charge in [-0.1, -0.05) is 18.2 Å². The third-order valence-electron chi connectivity index (χ3n) is 7.09. The number of morpholine rings is 1. The Labute approximate surface area is 188 Å². The number of nitrogens with zero attached hydrogens (tertiary/aromatic N) is 3. The van der Waals surface area contributed by atoms with Crippen LogP contribution in [0, 0.1) is 5.92 Å². The van der Waals surface area contributed by atoms with Gasteiger partial charge in [-0.3, -0.25) is 9.59 Å². The minimum Gasteiger partial charge on any atom is -0.467 e. The standard InChI is InChI=1S/C25H31N3O4/c1-18-16-20-4-2-3-5-22(20)28(18)17-23-21(8-13-32-23)25(30)26-9-6-19(7-10-26)24(29)27-11-14-31-15-12-27/h2-5,8,13,18-19H,6-7,9-12,14-17H2,1H3. The van der Waals surface area contributed by atoms with E-state index in [-0.39, 0.29) is 17.7 Å². The van der Waals surface area contributed by atoms with Crippen molar-refractivity contribution in [3.63, 3.8) is 0 Å². The van der Waals surface area contributed by atoms with Crippen molar-refractivity contribution in [2.75, 3.05) is 44.3 Å². The Balaban J connectivity index is 1.22. The third-order valence-corrected chi connectivity index (χ3v) is 7.09. The monoisotopic (exact) mass is 437 g/mol. The lowest BCUT2D eigenvalue weighted by molar-refractivity contribution is -0.141. The highest BCUT2D eigenvalue weighted by Crippen LogP contribution is 2.34. The van der Waals surface area contributed by atoms with Crippen LogP contribution >= 0.6 is 0 Å². The van der Waals surface area contributed by atoms with Crippen LogP contribution in [-0.4, -0.2) is 67.0 Å². The van der Waals surface area contributed by atoms with Crippen LogP contribution in [0.4, 0.5) is 5.69 Å². The zero-order valence-electron chi connectivity index (χ0n) is 18.7. The quantitative estimate of drug-likeness (QED) is 0.736. The number of carbonyl (C=O) groups is 2. The maximum Gasteiger partial charge on any atom is 0.257 e. The van der Waals surface area contributed by atoms with Gasteiger partial charge in [-0.2, -0.15) is 0 Å². The molecule has 0 saturated carbocycles. The minimum atomic E-state index is 0.00270. The maximum atomic E-state index is 13.3. The van der Waals surface area contributed by atoms with E-state index in [1.54, 1.807) is 12.3 Å². The summed E-state index contributed by atoms with van der Waals surface area (Å²) in [6.45, 7) is 6.58. The number of para-hydroxylation sites is 1. The zero-order chi connectivity index (χ0) is 22.1. The Kier molecular flexibility index (Phi) is 5.91. The molecule has 1 aromatic heterocycles. The molecule has 3 aliphatic heterocycles. The number of anilines is 1. The summed E-state index contributed by atoms with van der Waals surface area (Å²) in [6, 6.07) is 10.6. The second-order valence-electron chi connectivity index (χ2n) is 9.07. The number of ether oxygens (including phenoxy) is 1. The van der Waals surface area contributed by atoms with Crippen LogP contribution in [0.3, 0.4) is 0 Å². The molecule has 7 heteroatoms. The predicted octanol–water partition coefficient (Wildman–Crippen LogP) is 2.94. The first-order valence-corrected chi connectivity index (χ1v) is 11.7. The SMILES string of the molecule is CC1Cc2ccccc2N1Cc1occc1C(=O)N1CCC(C(=O)N2CCOCC2)CC1. The van der Waals surface area contributed by atoms with E-state index >= 15 is 0 Å². The van der Waals surface area contributed by atoms with Gasteiger partial charge in [0.15, 0.2) is 0 Å². The van der Waals surface area contributed by atoms with Gasteiger partial charge in [0, 0.05) is 43.8 Å². The van der Waals surface area contributed by atoms with Crippen molar-refractivity contribution >= 4 is 17.5 Å². The zero-order valence-corrected chi connectivity index (χ0v) is 18.7. The highest BCUT2D eigenvalue weighted by Gasteiger charge is 2.33. The van der Waals surface area contributed by atoms with Gasteiger partial charge in [0.25, 0.3) is 5.91 Å². The van der Waals surface area contributed by atoms with Crippen LogP contribution in [0.15, 0.2) is 41.0 Å². The number of piperidine rings is 1. The topological polar surface area (TPSA) is 66.2 Å². The first-order chi connectivity index (χ1) is 15.6. The lowest BCUT2D eigenvalue weighted by atomic mass is 9.94. The van der Waals surface area contributed by atoms with Gasteiger partial charge in [-0.25, -0.2) is 0 Å². The molecule has 0 aliphatic carbocycles. The molecule has 0 spiro atoms. The fraction of sp³-hybridized carbons (Fsp3) is 0.520. The molecule has 1 atom stereocenters. The number of benzene rings is 1. The Bertz CT molecular complexity index is 973. The fourth-order valence-electron chi connectivity index (χ4n) is 5.22. The minimum absolute atomic E-state index is 0.00270. The number of likely N-dealkylation sites (tertiary alicyclic amines) is 1. The van der Waals surface area contributed by atoms with Crippen molar-refractivity contribution < 1.29 is 18.7 Å². The van der Waals surface area contributed by atoms with Crippen LogP contribution in [0.25, 0.3) is 0 Å². The average Bonchev–Trinajstić information content (AvgIpc) is 3.43. The van der Waals surface area contributed by atoms with E-state index in [0.717, 1.165) is 6.42 Å². The average molecular weight is 438 g/mol. The maximum absolute atomic E-state index is 13.3. The fourth-order valence-corrected chi connectivity index (χ4v) is 5.22. The molecule has 170 valence electrons. The molecule has 7 nitrogen and oxygen atoms in total. The molecule has 3 aliphatic rings. The van der Waals surface area contributed by atoms with E-state index in [1.165, 1.54) is 11.3 Å². The van der Waals surface area contributed by atoms with Gasteiger partial charge in [0.05, 0.1) is 31.6 Å². The summed E-state index contributed by atoms with van der Waals surface area (Å²) in [5.74, 6) is 0.935. The van der Waals surface area contributed by atoms with Crippen LogP contribution < -0.4 is 4.90 Å². The van der Waals surface area contributed by atoms with Crippen molar-refractivity contribution in [3.05, 3.63) is 53.5 Å². The van der Waals surface area contributed by atoms with E-state index in [1.807, 2.05) is 9.80 Å². The molecule has 2 aromatic rings. The van der Waals surface area contributed by atoms with E-state index < -0.39 is 0 Å². The molecule has 0 N–H and O–H groups in total. The van der Waals surface area contributed by atoms with Crippen molar-refractivity contribution in [2.45, 2.75) is 38.8 Å². The number of hydrogen-bond donors (Lipinski definition) is 0. The predicted molar refractivity (Wildman–Crippen MR) is 121 cm³/mol. The molecule has 1 aromatic carbocycles. The summed E-state index contributed by atoms with van der Waals surface area (Å²) in [7, 11) is 0. The number of amides is 2. The number of hydrogen-bond acceptors (Lipinski definition) is 5. The molecule has 1 unspecified atom stereocenters. The van der Waals surface area contributed by atoms with Crippen LogP contribution in [-0.2, 0) is 22.5 Å². The van der Waals surface area contributed by atoms with Crippen LogP contribution in [0.5, 0.6) is 0 Å². The first kappa shape index (κ1) is 21.1. The highest BCUT2D eigenvalue weighted by atomic mass is 16.5. The normalized spacial score (nSPS) is 21.7. The second kappa shape index (κ2) is 8.98. The molecular weight excluding hydrogens is 406 g/mol. The summed E-state index contributed by atoms with van der Waals surface area (Å²) in [6.07, 6.45) is 4.05. The van der Waals surface area contributed by atoms with Gasteiger partial charge in [-0.15, -0.1) is 0 Å². The molecule has 2 amide bonds. The van der Waals surface area contributed by atoms with Crippen molar-refractivity contribution in [1.82, 2.24) is 9.80 Å². The van der Waals surface area contributed by atoms with E-state index in [9.17, 15) is 9.59 Å². The highest BCUT2D eigenvalue weighted by molar-refractivity contribution is 5.95. The summed E-state index contributed by atoms with van der Waals surface area (Å²) < 4.78 is 11.1. The molecule has 4 heterocycles. The summed E-state index contributed by atoms with van der Waals surface area (Å²) in [4.78, 5) is 32.2. The van der Waals surface area contributed by atoms with E-state index in [4.69, 9.17) is 9.15 Å². The lowest BCUT2D eigenvalue weighted by Gasteiger charge is -2.35. The van der Waals surface area contributed by atoms with Gasteiger partial charge in [0.2, 0.25) is 5.91 Å². The Morgan fingerprint density at radius 1 is 1.00 bits per heavy atom. The summed E-state index contributed by atoms with van der Waals surface area (Å²) in [5.41, 5.74) is 3.20. The van der Waals surface area contributed by atoms with Crippen LogP contribution in [0.2, 0.25) is 0 Å². The summed E-state index contributed by atoms with van der Waals surface area (Å²) in [5, 5.41) is 0. The van der Waals surface area contributed by atoms with Crippen LogP contribution in [0.1, 0.15) is 41.4 Å². The molecule has 0 radical (unpaired) electrons. The third kappa shape index (κ3) is 4.01. The lowest BCUT2D eigenvalue weighted by Crippen LogP contribution is -2.47. The molecule has 0 bridgehead atoms. The molecule has 2 saturated heterocycles. The summed E-state index contributed by atoms with van der Waals surface area (Å²) >= 11 is 0. The number of carbonyl (C=O) groups excluding carboxylic acids is 2. The smallest absolute Gasteiger partial charge is 0.257 e. The molecular formula is C25H31N3O4. The van der Waals surface area contributed by atoms with Crippen molar-refractivity contribution in [1.29, 1.82) is 0 Å². The number of furan rings is 1. The Morgan fingerprint density at radius 3 is 2.53 bits per heavy atom. The van der Waals surface area contributed by atoms with Gasteiger partial charge in [0.1, 0.15) is 5.76 Å². The molecule has 32 heavy (non-hydrogen) atoms. The van der Waals surface area contributed by atoms with E-state index in [2.05, 4.69) is 36.1 Å². The van der Waals surface area contributed by atoms with Gasteiger partial charge in [-0.05, 0) is 43.9 Å². The van der Waals surface area contributed by atoms with Crippen molar-refractivity contribution in [3.8, 4) is 0 Å². The number of fused-ring (bicyclic) bond motifs is 1. The number of rotatable bonds is 4. The molecule has 5 rings (SSSR count). The van der Waals surface area contributed by atoms with Crippen molar-refractivity contribution in [2.24, 2.45) is 5.92 Å². The Hall–Kier alpha value is -2.80. The molecule has 2 fully saturated rings. The Morgan fingerprint density at radius 2 is 1.75 bits per heavy atom. The van der Waals surface area contributed by atoms with E-state index in [0.29, 0.717) is 76.1 Å². The van der Waals surface area contributed by atoms with Gasteiger partial charge >= 0.3 is 0 Å².